The maximum atomic E-state index is 10.6. The minimum Gasteiger partial charge on any atom is -0.461 e. The smallest absolute Gasteiger partial charge is 0.241 e. The predicted molar refractivity (Wildman–Crippen MR) is 97.6 cm³/mol. The van der Waals surface area contributed by atoms with Crippen LogP contribution in [-0.2, 0) is 13.0 Å². The molecule has 1 fully saturated rings. The number of furan rings is 1. The second kappa shape index (κ2) is 7.64. The van der Waals surface area contributed by atoms with Gasteiger partial charge in [0.15, 0.2) is 5.76 Å². The fraction of sp³-hybridized carbons (Fsp3) is 0.400. The normalized spacial score (nSPS) is 23.6. The van der Waals surface area contributed by atoms with E-state index in [0.29, 0.717) is 50.0 Å². The third kappa shape index (κ3) is 3.80. The van der Waals surface area contributed by atoms with Crippen molar-refractivity contribution in [2.75, 3.05) is 19.7 Å². The molecule has 1 aliphatic rings. The first kappa shape index (κ1) is 17.9. The van der Waals surface area contributed by atoms with E-state index in [-0.39, 0.29) is 6.61 Å². The maximum Gasteiger partial charge on any atom is 0.241 e. The van der Waals surface area contributed by atoms with Crippen LogP contribution in [0, 0.1) is 5.41 Å². The van der Waals surface area contributed by atoms with Crippen molar-refractivity contribution in [1.82, 2.24) is 15.0 Å². The van der Waals surface area contributed by atoms with Crippen molar-refractivity contribution in [3.05, 3.63) is 60.2 Å². The molecule has 2 aromatic heterocycles. The van der Waals surface area contributed by atoms with Gasteiger partial charge in [0, 0.05) is 18.5 Å². The van der Waals surface area contributed by atoms with Crippen LogP contribution >= 0.6 is 0 Å². The summed E-state index contributed by atoms with van der Waals surface area (Å²) in [7, 11) is 0. The molecule has 1 saturated heterocycles. The fourth-order valence-corrected chi connectivity index (χ4v) is 3.78. The maximum absolute atomic E-state index is 10.6. The first-order valence-corrected chi connectivity index (χ1v) is 9.10. The average Bonchev–Trinajstić information content (AvgIpc) is 3.37. The van der Waals surface area contributed by atoms with Crippen LogP contribution in [0.3, 0.4) is 0 Å². The second-order valence-corrected chi connectivity index (χ2v) is 7.19. The van der Waals surface area contributed by atoms with Crippen molar-refractivity contribution in [3.8, 4) is 11.6 Å². The summed E-state index contributed by atoms with van der Waals surface area (Å²) in [6.07, 6.45) is 2.22. The molecule has 27 heavy (non-hydrogen) atoms. The standard InChI is InChI=1S/C20H23N3O4/c24-14-20(11-15-5-2-1-3-6-15)13-23(9-8-17(20)25)12-18-21-19(22-27-18)16-7-4-10-26-16/h1-7,10,17,24-25H,8-9,11-14H2/t17-,20+/m0/s1. The zero-order valence-corrected chi connectivity index (χ0v) is 15.0. The summed E-state index contributed by atoms with van der Waals surface area (Å²) in [6.45, 7) is 1.65. The highest BCUT2D eigenvalue weighted by atomic mass is 16.5. The zero-order valence-electron chi connectivity index (χ0n) is 15.0. The zero-order chi connectivity index (χ0) is 18.7. The van der Waals surface area contributed by atoms with Gasteiger partial charge in [-0.2, -0.15) is 4.98 Å². The highest BCUT2D eigenvalue weighted by Gasteiger charge is 2.42. The van der Waals surface area contributed by atoms with Gasteiger partial charge in [-0.3, -0.25) is 4.90 Å². The van der Waals surface area contributed by atoms with E-state index in [0.717, 1.165) is 5.56 Å². The highest BCUT2D eigenvalue weighted by molar-refractivity contribution is 5.44. The van der Waals surface area contributed by atoms with Gasteiger partial charge >= 0.3 is 0 Å². The Morgan fingerprint density at radius 2 is 2.04 bits per heavy atom. The molecular formula is C20H23N3O4. The van der Waals surface area contributed by atoms with Gasteiger partial charge in [0.2, 0.25) is 11.7 Å². The molecule has 0 spiro atoms. The summed E-state index contributed by atoms with van der Waals surface area (Å²) >= 11 is 0. The Morgan fingerprint density at radius 1 is 1.19 bits per heavy atom. The van der Waals surface area contributed by atoms with E-state index >= 15 is 0 Å². The molecule has 0 unspecified atom stereocenters. The number of likely N-dealkylation sites (tertiary alicyclic amines) is 1. The topological polar surface area (TPSA) is 95.8 Å². The molecule has 2 N–H and O–H groups in total. The van der Waals surface area contributed by atoms with Gasteiger partial charge in [0.05, 0.1) is 25.5 Å². The van der Waals surface area contributed by atoms with Crippen LogP contribution in [0.2, 0.25) is 0 Å². The van der Waals surface area contributed by atoms with Crippen molar-refractivity contribution >= 4 is 0 Å². The Balaban J connectivity index is 1.48. The molecule has 3 aromatic rings. The van der Waals surface area contributed by atoms with E-state index in [9.17, 15) is 10.2 Å². The number of hydrogen-bond donors (Lipinski definition) is 2. The third-order valence-corrected chi connectivity index (χ3v) is 5.25. The monoisotopic (exact) mass is 369 g/mol. The summed E-state index contributed by atoms with van der Waals surface area (Å²) in [5.74, 6) is 1.47. The van der Waals surface area contributed by atoms with Crippen molar-refractivity contribution < 1.29 is 19.2 Å². The van der Waals surface area contributed by atoms with Crippen LogP contribution in [0.1, 0.15) is 17.9 Å². The Morgan fingerprint density at radius 3 is 2.78 bits per heavy atom. The van der Waals surface area contributed by atoms with Crippen LogP contribution in [0.15, 0.2) is 57.7 Å². The largest absolute Gasteiger partial charge is 0.461 e. The molecule has 0 saturated carbocycles. The van der Waals surface area contributed by atoms with E-state index in [1.165, 1.54) is 0 Å². The van der Waals surface area contributed by atoms with Crippen molar-refractivity contribution in [1.29, 1.82) is 0 Å². The summed E-state index contributed by atoms with van der Waals surface area (Å²) in [5.41, 5.74) is 0.494. The van der Waals surface area contributed by atoms with Gasteiger partial charge in [-0.25, -0.2) is 0 Å². The van der Waals surface area contributed by atoms with Crippen molar-refractivity contribution in [2.45, 2.75) is 25.5 Å². The number of aromatic nitrogens is 2. The van der Waals surface area contributed by atoms with Crippen molar-refractivity contribution in [2.24, 2.45) is 5.41 Å². The predicted octanol–water partition coefficient (Wildman–Crippen LogP) is 2.12. The summed E-state index contributed by atoms with van der Waals surface area (Å²) in [5, 5.41) is 24.7. The highest BCUT2D eigenvalue weighted by Crippen LogP contribution is 2.34. The number of nitrogens with zero attached hydrogens (tertiary/aromatic N) is 3. The molecule has 0 amide bonds. The number of piperidine rings is 1. The van der Waals surface area contributed by atoms with Crippen LogP contribution in [0.4, 0.5) is 0 Å². The van der Waals surface area contributed by atoms with E-state index in [1.807, 2.05) is 30.3 Å². The molecule has 4 rings (SSSR count). The Hall–Kier alpha value is -2.48. The fourth-order valence-electron chi connectivity index (χ4n) is 3.78. The number of aliphatic hydroxyl groups is 2. The quantitative estimate of drug-likeness (QED) is 0.687. The van der Waals surface area contributed by atoms with E-state index in [2.05, 4.69) is 15.0 Å². The molecule has 0 aliphatic carbocycles. The number of rotatable bonds is 6. The van der Waals surface area contributed by atoms with E-state index < -0.39 is 11.5 Å². The van der Waals surface area contributed by atoms with Gasteiger partial charge in [-0.05, 0) is 30.5 Å². The summed E-state index contributed by atoms with van der Waals surface area (Å²) < 4.78 is 10.6. The van der Waals surface area contributed by atoms with Crippen LogP contribution < -0.4 is 0 Å². The number of hydrogen-bond acceptors (Lipinski definition) is 7. The summed E-state index contributed by atoms with van der Waals surface area (Å²) in [4.78, 5) is 6.53. The first-order valence-electron chi connectivity index (χ1n) is 9.10. The molecule has 3 heterocycles. The van der Waals surface area contributed by atoms with E-state index in [1.54, 1.807) is 18.4 Å². The van der Waals surface area contributed by atoms with Gasteiger partial charge in [0.1, 0.15) is 0 Å². The lowest BCUT2D eigenvalue weighted by Crippen LogP contribution is -2.54. The van der Waals surface area contributed by atoms with Gasteiger partial charge in [0.25, 0.3) is 0 Å². The first-order chi connectivity index (χ1) is 13.2. The molecule has 0 radical (unpaired) electrons. The minimum atomic E-state index is -0.608. The Bertz CT molecular complexity index is 849. The van der Waals surface area contributed by atoms with Crippen molar-refractivity contribution in [3.63, 3.8) is 0 Å². The van der Waals surface area contributed by atoms with Crippen LogP contribution in [0.5, 0.6) is 0 Å². The molecule has 7 heteroatoms. The lowest BCUT2D eigenvalue weighted by atomic mass is 9.73. The van der Waals surface area contributed by atoms with Crippen LogP contribution in [0.25, 0.3) is 11.6 Å². The molecule has 2 atom stereocenters. The van der Waals surface area contributed by atoms with Crippen LogP contribution in [-0.4, -0.2) is 51.1 Å². The average molecular weight is 369 g/mol. The Kier molecular flexibility index (Phi) is 5.07. The molecule has 1 aromatic carbocycles. The van der Waals surface area contributed by atoms with Gasteiger partial charge < -0.3 is 19.2 Å². The minimum absolute atomic E-state index is 0.0823. The Labute approximate surface area is 157 Å². The molecule has 7 nitrogen and oxygen atoms in total. The second-order valence-electron chi connectivity index (χ2n) is 7.19. The summed E-state index contributed by atoms with van der Waals surface area (Å²) in [6, 6.07) is 13.5. The molecule has 0 bridgehead atoms. The molecule has 142 valence electrons. The lowest BCUT2D eigenvalue weighted by Gasteiger charge is -2.45. The van der Waals surface area contributed by atoms with Gasteiger partial charge in [-0.15, -0.1) is 0 Å². The SMILES string of the molecule is OC[C@@]1(Cc2ccccc2)CN(Cc2nc(-c3ccco3)no2)CC[C@@H]1O. The number of aliphatic hydroxyl groups excluding tert-OH is 2. The lowest BCUT2D eigenvalue weighted by molar-refractivity contribution is -0.0784. The van der Waals surface area contributed by atoms with Gasteiger partial charge in [-0.1, -0.05) is 35.5 Å². The molecular weight excluding hydrogens is 346 g/mol. The number of benzene rings is 1. The molecule has 1 aliphatic heterocycles. The van der Waals surface area contributed by atoms with E-state index in [4.69, 9.17) is 8.94 Å². The third-order valence-electron chi connectivity index (χ3n) is 5.25.